The molecule has 27 heavy (non-hydrogen) atoms. The number of halogens is 2. The number of nitrogens with one attached hydrogen (secondary N) is 2. The molecule has 0 aliphatic heterocycles. The number of hydrogen-bond acceptors (Lipinski definition) is 5. The summed E-state index contributed by atoms with van der Waals surface area (Å²) >= 11 is 11.8. The van der Waals surface area contributed by atoms with Crippen LogP contribution in [0.5, 0.6) is 11.5 Å². The molecule has 2 rings (SSSR count). The summed E-state index contributed by atoms with van der Waals surface area (Å²) in [6.07, 6.45) is 0. The van der Waals surface area contributed by atoms with Crippen LogP contribution in [-0.4, -0.2) is 34.6 Å². The van der Waals surface area contributed by atoms with Gasteiger partial charge in [-0.25, -0.2) is 8.42 Å². The van der Waals surface area contributed by atoms with Crippen molar-refractivity contribution < 1.29 is 22.7 Å². The number of carbonyl (C=O) groups excluding carboxylic acids is 1. The molecule has 0 saturated carbocycles. The maximum atomic E-state index is 12.5. The monoisotopic (exact) mass is 432 g/mol. The summed E-state index contributed by atoms with van der Waals surface area (Å²) in [6.45, 7) is 1.41. The molecule has 10 heteroatoms. The smallest absolute Gasteiger partial charge is 0.242 e. The number of amides is 1. The van der Waals surface area contributed by atoms with E-state index < -0.39 is 22.0 Å². The first kappa shape index (κ1) is 21.3. The zero-order valence-corrected chi connectivity index (χ0v) is 17.1. The Bertz CT molecular complexity index is 950. The van der Waals surface area contributed by atoms with Gasteiger partial charge in [0.1, 0.15) is 4.90 Å². The van der Waals surface area contributed by atoms with Gasteiger partial charge in [-0.2, -0.15) is 4.72 Å². The van der Waals surface area contributed by atoms with Crippen molar-refractivity contribution in [1.29, 1.82) is 0 Å². The number of rotatable bonds is 7. The lowest BCUT2D eigenvalue weighted by atomic mass is 10.2. The number of hydrogen-bond donors (Lipinski definition) is 2. The van der Waals surface area contributed by atoms with Crippen molar-refractivity contribution in [3.63, 3.8) is 0 Å². The Kier molecular flexibility index (Phi) is 6.94. The summed E-state index contributed by atoms with van der Waals surface area (Å²) < 4.78 is 37.5. The molecule has 146 valence electrons. The highest BCUT2D eigenvalue weighted by atomic mass is 35.5. The summed E-state index contributed by atoms with van der Waals surface area (Å²) in [5, 5.41) is 2.82. The minimum atomic E-state index is -4.05. The Hall–Kier alpha value is -2.00. The fourth-order valence-corrected chi connectivity index (χ4v) is 4.16. The lowest BCUT2D eigenvalue weighted by molar-refractivity contribution is -0.117. The molecule has 7 nitrogen and oxygen atoms in total. The van der Waals surface area contributed by atoms with Gasteiger partial charge >= 0.3 is 0 Å². The second kappa shape index (κ2) is 8.79. The van der Waals surface area contributed by atoms with Crippen LogP contribution in [0.2, 0.25) is 10.0 Å². The van der Waals surface area contributed by atoms with E-state index >= 15 is 0 Å². The first-order valence-electron chi connectivity index (χ1n) is 7.68. The summed E-state index contributed by atoms with van der Waals surface area (Å²) in [5.74, 6) is 0.359. The van der Waals surface area contributed by atoms with Gasteiger partial charge in [0, 0.05) is 16.8 Å². The van der Waals surface area contributed by atoms with Gasteiger partial charge in [-0.15, -0.1) is 0 Å². The SMILES string of the molecule is COc1ccc(NC(=O)[C@@H](C)NS(=O)(=O)c2cc(Cl)ccc2Cl)cc1OC. The maximum absolute atomic E-state index is 12.5. The van der Waals surface area contributed by atoms with Gasteiger partial charge < -0.3 is 14.8 Å². The molecule has 1 atom stereocenters. The number of methoxy groups -OCH3 is 2. The Morgan fingerprint density at radius 2 is 1.70 bits per heavy atom. The van der Waals surface area contributed by atoms with E-state index in [0.717, 1.165) is 0 Å². The van der Waals surface area contributed by atoms with E-state index in [1.54, 1.807) is 18.2 Å². The normalized spacial score (nSPS) is 12.3. The number of ether oxygens (including phenoxy) is 2. The van der Waals surface area contributed by atoms with Gasteiger partial charge in [-0.05, 0) is 37.3 Å². The first-order valence-corrected chi connectivity index (χ1v) is 9.92. The Morgan fingerprint density at radius 1 is 1.04 bits per heavy atom. The largest absolute Gasteiger partial charge is 0.493 e. The summed E-state index contributed by atoms with van der Waals surface area (Å²) in [6, 6.07) is 7.77. The zero-order chi connectivity index (χ0) is 20.2. The Labute approximate surface area is 167 Å². The highest BCUT2D eigenvalue weighted by molar-refractivity contribution is 7.89. The molecule has 2 aromatic rings. The van der Waals surface area contributed by atoms with Crippen LogP contribution in [0.25, 0.3) is 0 Å². The lowest BCUT2D eigenvalue weighted by Crippen LogP contribution is -2.41. The molecule has 0 fully saturated rings. The molecule has 0 unspecified atom stereocenters. The van der Waals surface area contributed by atoms with Gasteiger partial charge in [0.25, 0.3) is 0 Å². The van der Waals surface area contributed by atoms with Crippen molar-refractivity contribution in [2.24, 2.45) is 0 Å². The molecule has 0 spiro atoms. The van der Waals surface area contributed by atoms with E-state index in [4.69, 9.17) is 32.7 Å². The lowest BCUT2D eigenvalue weighted by Gasteiger charge is -2.16. The predicted molar refractivity (Wildman–Crippen MR) is 104 cm³/mol. The minimum absolute atomic E-state index is 0.000557. The summed E-state index contributed by atoms with van der Waals surface area (Å²) in [5.41, 5.74) is 0.421. The predicted octanol–water partition coefficient (Wildman–Crippen LogP) is 3.32. The molecule has 1 amide bonds. The van der Waals surface area contributed by atoms with Gasteiger partial charge in [0.2, 0.25) is 15.9 Å². The molecule has 2 N–H and O–H groups in total. The highest BCUT2D eigenvalue weighted by Gasteiger charge is 2.24. The minimum Gasteiger partial charge on any atom is -0.493 e. The Morgan fingerprint density at radius 3 is 2.33 bits per heavy atom. The summed E-state index contributed by atoms with van der Waals surface area (Å²) in [7, 11) is -1.08. The average molecular weight is 433 g/mol. The molecule has 2 aromatic carbocycles. The van der Waals surface area contributed by atoms with Crippen LogP contribution in [0.15, 0.2) is 41.3 Å². The van der Waals surface area contributed by atoms with Crippen LogP contribution in [0, 0.1) is 0 Å². The quantitative estimate of drug-likeness (QED) is 0.699. The topological polar surface area (TPSA) is 93.7 Å². The van der Waals surface area contributed by atoms with E-state index in [0.29, 0.717) is 17.2 Å². The molecule has 0 aromatic heterocycles. The van der Waals surface area contributed by atoms with E-state index in [9.17, 15) is 13.2 Å². The molecule has 0 aliphatic carbocycles. The first-order chi connectivity index (χ1) is 12.7. The van der Waals surface area contributed by atoms with Crippen molar-refractivity contribution >= 4 is 44.8 Å². The third kappa shape index (κ3) is 5.26. The molecule has 0 bridgehead atoms. The molecule has 0 saturated heterocycles. The zero-order valence-electron chi connectivity index (χ0n) is 14.7. The van der Waals surface area contributed by atoms with E-state index in [-0.39, 0.29) is 14.9 Å². The highest BCUT2D eigenvalue weighted by Crippen LogP contribution is 2.30. The average Bonchev–Trinajstić information content (AvgIpc) is 2.63. The number of sulfonamides is 1. The second-order valence-electron chi connectivity index (χ2n) is 5.48. The van der Waals surface area contributed by atoms with Crippen molar-refractivity contribution in [3.8, 4) is 11.5 Å². The van der Waals surface area contributed by atoms with Gasteiger partial charge in [0.05, 0.1) is 25.3 Å². The van der Waals surface area contributed by atoms with Gasteiger partial charge in [-0.1, -0.05) is 23.2 Å². The molecule has 0 radical (unpaired) electrons. The van der Waals surface area contributed by atoms with E-state index in [1.807, 2.05) is 0 Å². The fraction of sp³-hybridized carbons (Fsp3) is 0.235. The number of benzene rings is 2. The standard InChI is InChI=1S/C17H18Cl2N2O5S/c1-10(21-27(23,24)16-8-11(18)4-6-13(16)19)17(22)20-12-5-7-14(25-2)15(9-12)26-3/h4-10,21H,1-3H3,(H,20,22)/t10-/m1/s1. The molecule has 0 heterocycles. The van der Waals surface area contributed by atoms with Crippen LogP contribution in [-0.2, 0) is 14.8 Å². The number of anilines is 1. The van der Waals surface area contributed by atoms with Gasteiger partial charge in [-0.3, -0.25) is 4.79 Å². The van der Waals surface area contributed by atoms with E-state index in [1.165, 1.54) is 39.3 Å². The van der Waals surface area contributed by atoms with Crippen LogP contribution >= 0.6 is 23.2 Å². The number of carbonyl (C=O) groups is 1. The second-order valence-corrected chi connectivity index (χ2v) is 8.00. The van der Waals surface area contributed by atoms with Crippen LogP contribution in [0.3, 0.4) is 0 Å². The van der Waals surface area contributed by atoms with Crippen LogP contribution in [0.4, 0.5) is 5.69 Å². The van der Waals surface area contributed by atoms with Gasteiger partial charge in [0.15, 0.2) is 11.5 Å². The third-order valence-electron chi connectivity index (χ3n) is 3.56. The van der Waals surface area contributed by atoms with Crippen molar-refractivity contribution in [3.05, 3.63) is 46.4 Å². The maximum Gasteiger partial charge on any atom is 0.242 e. The van der Waals surface area contributed by atoms with Crippen LogP contribution in [0.1, 0.15) is 6.92 Å². The molecule has 0 aliphatic rings. The van der Waals surface area contributed by atoms with E-state index in [2.05, 4.69) is 10.0 Å². The van der Waals surface area contributed by atoms with Crippen molar-refractivity contribution in [2.45, 2.75) is 17.9 Å². The van der Waals surface area contributed by atoms with Crippen molar-refractivity contribution in [2.75, 3.05) is 19.5 Å². The molecular weight excluding hydrogens is 415 g/mol. The Balaban J connectivity index is 2.14. The fourth-order valence-electron chi connectivity index (χ4n) is 2.20. The summed E-state index contributed by atoms with van der Waals surface area (Å²) in [4.78, 5) is 12.2. The van der Waals surface area contributed by atoms with Crippen molar-refractivity contribution in [1.82, 2.24) is 4.72 Å². The molecular formula is C17H18Cl2N2O5S. The van der Waals surface area contributed by atoms with Crippen LogP contribution < -0.4 is 19.5 Å². The third-order valence-corrected chi connectivity index (χ3v) is 5.82.